The van der Waals surface area contributed by atoms with Gasteiger partial charge in [-0.25, -0.2) is 0 Å². The van der Waals surface area contributed by atoms with Crippen molar-refractivity contribution in [3.05, 3.63) is 88.5 Å². The van der Waals surface area contributed by atoms with Crippen molar-refractivity contribution in [2.45, 2.75) is 19.7 Å². The van der Waals surface area contributed by atoms with E-state index in [9.17, 15) is 23.2 Å². The quantitative estimate of drug-likeness (QED) is 0.451. The van der Waals surface area contributed by atoms with Gasteiger partial charge in [0.1, 0.15) is 6.61 Å². The molecule has 5 nitrogen and oxygen atoms in total. The Morgan fingerprint density at radius 3 is 2.56 bits per heavy atom. The number of anilines is 1. The van der Waals surface area contributed by atoms with Gasteiger partial charge >= 0.3 is 6.18 Å². The number of hydrogen-bond donors (Lipinski definition) is 1. The van der Waals surface area contributed by atoms with Crippen LogP contribution in [0.2, 0.25) is 0 Å². The predicted molar refractivity (Wildman–Crippen MR) is 121 cm³/mol. The molecule has 1 N–H and O–H groups in total. The number of nitrogens with zero attached hydrogens (tertiary/aromatic N) is 1. The van der Waals surface area contributed by atoms with Gasteiger partial charge in [0.2, 0.25) is 0 Å². The van der Waals surface area contributed by atoms with E-state index in [-0.39, 0.29) is 17.9 Å². The second-order valence-electron chi connectivity index (χ2n) is 7.47. The van der Waals surface area contributed by atoms with E-state index in [1.54, 1.807) is 42.5 Å². The highest BCUT2D eigenvalue weighted by atomic mass is 19.4. The normalized spacial score (nSPS) is 13.9. The molecule has 0 saturated heterocycles. The molecule has 8 heteroatoms. The number of fused-ring (bicyclic) bond motifs is 1. The summed E-state index contributed by atoms with van der Waals surface area (Å²) in [5.74, 6) is 0.417. The van der Waals surface area contributed by atoms with E-state index in [0.29, 0.717) is 34.8 Å². The highest BCUT2D eigenvalue weighted by Crippen LogP contribution is 2.39. The molecule has 1 heterocycles. The molecule has 4 rings (SSSR count). The summed E-state index contributed by atoms with van der Waals surface area (Å²) < 4.78 is 50.6. The van der Waals surface area contributed by atoms with Crippen LogP contribution in [0.15, 0.2) is 60.7 Å². The molecule has 1 aliphatic heterocycles. The lowest BCUT2D eigenvalue weighted by molar-refractivity contribution is -0.137. The van der Waals surface area contributed by atoms with Crippen LogP contribution in [0.5, 0.6) is 11.5 Å². The number of amides is 1. The largest absolute Gasteiger partial charge is 0.490 e. The maximum absolute atomic E-state index is 13.0. The molecular formula is C26H19F3N2O3. The van der Waals surface area contributed by atoms with Crippen LogP contribution >= 0.6 is 0 Å². The number of nitriles is 1. The van der Waals surface area contributed by atoms with E-state index in [1.165, 1.54) is 6.07 Å². The third-order valence-electron chi connectivity index (χ3n) is 5.23. The first-order valence-corrected chi connectivity index (χ1v) is 10.4. The maximum atomic E-state index is 13.0. The zero-order valence-electron chi connectivity index (χ0n) is 18.1. The molecule has 0 spiro atoms. The van der Waals surface area contributed by atoms with E-state index in [2.05, 4.69) is 11.4 Å². The number of halogens is 3. The maximum Gasteiger partial charge on any atom is 0.416 e. The second kappa shape index (κ2) is 9.32. The monoisotopic (exact) mass is 464 g/mol. The molecule has 0 saturated carbocycles. The fraction of sp³-hybridized carbons (Fsp3) is 0.154. The van der Waals surface area contributed by atoms with Crippen LogP contribution in [0.4, 0.5) is 18.9 Å². The molecule has 34 heavy (non-hydrogen) atoms. The van der Waals surface area contributed by atoms with Gasteiger partial charge in [-0.15, -0.1) is 0 Å². The molecule has 3 aromatic rings. The van der Waals surface area contributed by atoms with Crippen LogP contribution in [0.25, 0.3) is 11.6 Å². The van der Waals surface area contributed by atoms with Crippen LogP contribution in [0, 0.1) is 11.3 Å². The average molecular weight is 464 g/mol. The molecule has 0 unspecified atom stereocenters. The molecule has 0 radical (unpaired) electrons. The summed E-state index contributed by atoms with van der Waals surface area (Å²) in [6.45, 7) is 2.36. The molecule has 0 aromatic heterocycles. The number of benzene rings is 3. The fourth-order valence-electron chi connectivity index (χ4n) is 3.59. The second-order valence-corrected chi connectivity index (χ2v) is 7.47. The smallest absolute Gasteiger partial charge is 0.416 e. The van der Waals surface area contributed by atoms with Crippen LogP contribution < -0.4 is 14.8 Å². The first kappa shape index (κ1) is 22.9. The average Bonchev–Trinajstić information content (AvgIpc) is 3.12. The number of nitrogens with one attached hydrogen (secondary N) is 1. The molecule has 0 fully saturated rings. The van der Waals surface area contributed by atoms with Gasteiger partial charge in [0, 0.05) is 22.4 Å². The zero-order chi connectivity index (χ0) is 24.3. The SMILES string of the molecule is CCOc1cc(/C=C2/C(=O)Nc3cc(C(F)(F)F)ccc32)ccc1OCc1ccccc1C#N. The van der Waals surface area contributed by atoms with E-state index in [4.69, 9.17) is 9.47 Å². The van der Waals surface area contributed by atoms with E-state index in [0.717, 1.165) is 17.7 Å². The van der Waals surface area contributed by atoms with Gasteiger partial charge < -0.3 is 14.8 Å². The minimum Gasteiger partial charge on any atom is -0.490 e. The Morgan fingerprint density at radius 1 is 1.03 bits per heavy atom. The number of carbonyl (C=O) groups is 1. The molecule has 172 valence electrons. The molecule has 0 bridgehead atoms. The van der Waals surface area contributed by atoms with Crippen LogP contribution in [0.3, 0.4) is 0 Å². The summed E-state index contributed by atoms with van der Waals surface area (Å²) in [6.07, 6.45) is -2.91. The summed E-state index contributed by atoms with van der Waals surface area (Å²) in [6, 6.07) is 17.5. The van der Waals surface area contributed by atoms with Crippen molar-refractivity contribution < 1.29 is 27.4 Å². The highest BCUT2D eigenvalue weighted by Gasteiger charge is 2.33. The summed E-state index contributed by atoms with van der Waals surface area (Å²) in [7, 11) is 0. The summed E-state index contributed by atoms with van der Waals surface area (Å²) >= 11 is 0. The van der Waals surface area contributed by atoms with Crippen molar-refractivity contribution in [3.63, 3.8) is 0 Å². The Labute approximate surface area is 194 Å². The van der Waals surface area contributed by atoms with Crippen molar-refractivity contribution in [1.29, 1.82) is 5.26 Å². The predicted octanol–water partition coefficient (Wildman–Crippen LogP) is 6.05. The Bertz CT molecular complexity index is 1320. The lowest BCUT2D eigenvalue weighted by Crippen LogP contribution is -2.06. The van der Waals surface area contributed by atoms with E-state index >= 15 is 0 Å². The van der Waals surface area contributed by atoms with Gasteiger partial charge in [0.05, 0.1) is 23.8 Å². The molecular weight excluding hydrogens is 445 g/mol. The number of ether oxygens (including phenoxy) is 2. The van der Waals surface area contributed by atoms with Crippen LogP contribution in [-0.4, -0.2) is 12.5 Å². The molecule has 0 aliphatic carbocycles. The Morgan fingerprint density at radius 2 is 1.82 bits per heavy atom. The van der Waals surface area contributed by atoms with Crippen LogP contribution in [-0.2, 0) is 17.6 Å². The minimum atomic E-state index is -4.50. The molecule has 1 amide bonds. The zero-order valence-corrected chi connectivity index (χ0v) is 18.1. The van der Waals surface area contributed by atoms with Crippen molar-refractivity contribution in [2.75, 3.05) is 11.9 Å². The van der Waals surface area contributed by atoms with Gasteiger partial charge in [-0.2, -0.15) is 18.4 Å². The Hall–Kier alpha value is -4.25. The number of rotatable bonds is 6. The highest BCUT2D eigenvalue weighted by molar-refractivity contribution is 6.34. The van der Waals surface area contributed by atoms with Gasteiger partial charge in [0.15, 0.2) is 11.5 Å². The number of carbonyl (C=O) groups excluding carboxylic acids is 1. The number of hydrogen-bond acceptors (Lipinski definition) is 4. The Kier molecular flexibility index (Phi) is 6.28. The first-order valence-electron chi connectivity index (χ1n) is 10.4. The van der Waals surface area contributed by atoms with Crippen molar-refractivity contribution in [3.8, 4) is 17.6 Å². The lowest BCUT2D eigenvalue weighted by Gasteiger charge is -2.13. The Balaban J connectivity index is 1.62. The van der Waals surface area contributed by atoms with E-state index < -0.39 is 17.6 Å². The standard InChI is InChI=1S/C26H19F3N2O3/c1-2-33-24-12-16(7-10-23(24)34-15-18-6-4-3-5-17(18)14-30)11-21-20-9-8-19(26(27,28)29)13-22(20)31-25(21)32/h3-13H,2,15H2,1H3,(H,31,32)/b21-11+. The topological polar surface area (TPSA) is 71.3 Å². The molecule has 3 aromatic carbocycles. The number of alkyl halides is 3. The van der Waals surface area contributed by atoms with Gasteiger partial charge in [-0.05, 0) is 48.9 Å². The third kappa shape index (κ3) is 4.74. The third-order valence-corrected chi connectivity index (χ3v) is 5.23. The summed E-state index contributed by atoms with van der Waals surface area (Å²) in [5, 5.41) is 11.7. The fourth-order valence-corrected chi connectivity index (χ4v) is 3.59. The molecule has 1 aliphatic rings. The van der Waals surface area contributed by atoms with Crippen molar-refractivity contribution in [1.82, 2.24) is 0 Å². The molecule has 0 atom stereocenters. The summed E-state index contributed by atoms with van der Waals surface area (Å²) in [5.41, 5.74) is 1.80. The van der Waals surface area contributed by atoms with Crippen LogP contribution in [0.1, 0.15) is 34.7 Å². The minimum absolute atomic E-state index is 0.118. The lowest BCUT2D eigenvalue weighted by atomic mass is 10.0. The van der Waals surface area contributed by atoms with Crippen molar-refractivity contribution in [2.24, 2.45) is 0 Å². The van der Waals surface area contributed by atoms with Gasteiger partial charge in [-0.1, -0.05) is 30.3 Å². The van der Waals surface area contributed by atoms with Gasteiger partial charge in [-0.3, -0.25) is 4.79 Å². The van der Waals surface area contributed by atoms with Gasteiger partial charge in [0.25, 0.3) is 5.91 Å². The summed E-state index contributed by atoms with van der Waals surface area (Å²) in [4.78, 5) is 12.5. The first-order chi connectivity index (χ1) is 16.3. The van der Waals surface area contributed by atoms with E-state index in [1.807, 2.05) is 13.0 Å². The van der Waals surface area contributed by atoms with Crippen molar-refractivity contribution >= 4 is 23.2 Å².